The van der Waals surface area contributed by atoms with Gasteiger partial charge in [0.25, 0.3) is 5.56 Å². The highest BCUT2D eigenvalue weighted by Gasteiger charge is 2.20. The summed E-state index contributed by atoms with van der Waals surface area (Å²) < 4.78 is 0. The molecule has 2 aromatic rings. The van der Waals surface area contributed by atoms with E-state index in [1.807, 2.05) is 0 Å². The van der Waals surface area contributed by atoms with Gasteiger partial charge in [-0.05, 0) is 38.5 Å². The zero-order valence-corrected chi connectivity index (χ0v) is 14.5. The zero-order chi connectivity index (χ0) is 17.3. The fraction of sp³-hybridized carbons (Fsp3) is 0.500. The normalized spacial score (nSPS) is 16.7. The number of nitrogens with one attached hydrogen (secondary N) is 3. The fourth-order valence-corrected chi connectivity index (χ4v) is 4.13. The van der Waals surface area contributed by atoms with Gasteiger partial charge in [-0.25, -0.2) is 9.78 Å². The minimum atomic E-state index is -0.534. The number of anilines is 1. The number of thiazole rings is 1. The van der Waals surface area contributed by atoms with Crippen molar-refractivity contribution < 1.29 is 4.79 Å². The summed E-state index contributed by atoms with van der Waals surface area (Å²) in [5.74, 6) is 0.482. The molecule has 0 saturated heterocycles. The van der Waals surface area contributed by atoms with Crippen LogP contribution in [-0.2, 0) is 24.1 Å². The van der Waals surface area contributed by atoms with Crippen LogP contribution in [0.25, 0.3) is 0 Å². The van der Waals surface area contributed by atoms with Crippen molar-refractivity contribution in [1.29, 1.82) is 0 Å². The first-order valence-corrected chi connectivity index (χ1v) is 8.84. The van der Waals surface area contributed by atoms with Gasteiger partial charge < -0.3 is 10.3 Å². The predicted molar refractivity (Wildman–Crippen MR) is 92.7 cm³/mol. The van der Waals surface area contributed by atoms with Crippen molar-refractivity contribution in [1.82, 2.24) is 15.0 Å². The molecule has 2 heterocycles. The summed E-state index contributed by atoms with van der Waals surface area (Å²) in [6.45, 7) is 3.88. The third-order valence-corrected chi connectivity index (χ3v) is 5.32. The van der Waals surface area contributed by atoms with Crippen LogP contribution >= 0.6 is 11.3 Å². The second kappa shape index (κ2) is 6.72. The molecule has 1 aliphatic carbocycles. The van der Waals surface area contributed by atoms with E-state index in [9.17, 15) is 14.4 Å². The molecule has 1 unspecified atom stereocenters. The Morgan fingerprint density at radius 2 is 2.17 bits per heavy atom. The average Bonchev–Trinajstić information content (AvgIpc) is 2.87. The summed E-state index contributed by atoms with van der Waals surface area (Å²) in [4.78, 5) is 45.5. The number of nitrogens with zero attached hydrogens (tertiary/aromatic N) is 1. The smallest absolute Gasteiger partial charge is 0.311 e. The van der Waals surface area contributed by atoms with Crippen molar-refractivity contribution in [3.05, 3.63) is 42.7 Å². The maximum absolute atomic E-state index is 12.1. The van der Waals surface area contributed by atoms with Gasteiger partial charge in [0.05, 0.1) is 5.69 Å². The summed E-state index contributed by atoms with van der Waals surface area (Å²) in [6, 6.07) is 0. The van der Waals surface area contributed by atoms with E-state index >= 15 is 0 Å². The van der Waals surface area contributed by atoms with Gasteiger partial charge in [0.2, 0.25) is 5.91 Å². The molecule has 7 nitrogen and oxygen atoms in total. The molecule has 24 heavy (non-hydrogen) atoms. The van der Waals surface area contributed by atoms with E-state index in [2.05, 4.69) is 27.2 Å². The SMILES string of the molecule is Cc1[nH]c(=O)[nH]c(=O)c1CCC(=O)Nc1nc2c(s1)CC(C)CC2. The summed E-state index contributed by atoms with van der Waals surface area (Å²) in [5.41, 5.74) is 1.05. The molecule has 0 aliphatic heterocycles. The van der Waals surface area contributed by atoms with Crippen molar-refractivity contribution in [2.45, 2.75) is 46.0 Å². The highest BCUT2D eigenvalue weighted by molar-refractivity contribution is 7.15. The molecule has 2 aromatic heterocycles. The van der Waals surface area contributed by atoms with Crippen molar-refractivity contribution in [2.24, 2.45) is 5.92 Å². The lowest BCUT2D eigenvalue weighted by atomic mass is 9.93. The van der Waals surface area contributed by atoms with Crippen molar-refractivity contribution >= 4 is 22.4 Å². The average molecular weight is 348 g/mol. The van der Waals surface area contributed by atoms with E-state index in [0.717, 1.165) is 25.0 Å². The van der Waals surface area contributed by atoms with Gasteiger partial charge in [-0.15, -0.1) is 11.3 Å². The standard InChI is InChI=1S/C16H20N4O3S/c1-8-3-5-11-12(7-8)24-16(18-11)19-13(21)6-4-10-9(2)17-15(23)20-14(10)22/h8H,3-7H2,1-2H3,(H,18,19,21)(H2,17,20,22,23). The van der Waals surface area contributed by atoms with E-state index in [1.54, 1.807) is 6.92 Å². The highest BCUT2D eigenvalue weighted by atomic mass is 32.1. The van der Waals surface area contributed by atoms with E-state index < -0.39 is 11.2 Å². The summed E-state index contributed by atoms with van der Waals surface area (Å²) in [5, 5.41) is 3.45. The molecular formula is C16H20N4O3S. The van der Waals surface area contributed by atoms with E-state index in [1.165, 1.54) is 16.2 Å². The molecule has 3 rings (SSSR count). The summed E-state index contributed by atoms with van der Waals surface area (Å²) >= 11 is 1.54. The Balaban J connectivity index is 1.63. The van der Waals surface area contributed by atoms with Crippen LogP contribution in [0.15, 0.2) is 9.59 Å². The summed E-state index contributed by atoms with van der Waals surface area (Å²) in [7, 11) is 0. The number of fused-ring (bicyclic) bond motifs is 1. The number of carbonyl (C=O) groups is 1. The molecule has 1 atom stereocenters. The maximum atomic E-state index is 12.1. The first-order chi connectivity index (χ1) is 11.4. The van der Waals surface area contributed by atoms with Gasteiger partial charge in [0.1, 0.15) is 0 Å². The van der Waals surface area contributed by atoms with E-state index in [4.69, 9.17) is 0 Å². The number of rotatable bonds is 4. The predicted octanol–water partition coefficient (Wildman–Crippen LogP) is 1.52. The van der Waals surface area contributed by atoms with Crippen LogP contribution in [0, 0.1) is 12.8 Å². The number of H-pyrrole nitrogens is 2. The number of aromatic nitrogens is 3. The largest absolute Gasteiger partial charge is 0.325 e. The Bertz CT molecular complexity index is 880. The molecule has 128 valence electrons. The molecule has 1 aliphatic rings. The molecule has 1 amide bonds. The molecule has 0 aromatic carbocycles. The second-order valence-electron chi connectivity index (χ2n) is 6.30. The van der Waals surface area contributed by atoms with Gasteiger partial charge in [-0.3, -0.25) is 14.6 Å². The minimum Gasteiger partial charge on any atom is -0.311 e. The lowest BCUT2D eigenvalue weighted by Gasteiger charge is -2.15. The van der Waals surface area contributed by atoms with Gasteiger partial charge in [-0.1, -0.05) is 6.92 Å². The Hall–Kier alpha value is -2.22. The van der Waals surface area contributed by atoms with Crippen LogP contribution in [0.4, 0.5) is 5.13 Å². The Kier molecular flexibility index (Phi) is 4.66. The van der Waals surface area contributed by atoms with Crippen LogP contribution < -0.4 is 16.6 Å². The molecule has 0 radical (unpaired) electrons. The van der Waals surface area contributed by atoms with Crippen molar-refractivity contribution in [3.63, 3.8) is 0 Å². The number of carbonyl (C=O) groups excluding carboxylic acids is 1. The molecule has 0 bridgehead atoms. The van der Waals surface area contributed by atoms with Crippen LogP contribution in [0.5, 0.6) is 0 Å². The lowest BCUT2D eigenvalue weighted by molar-refractivity contribution is -0.116. The van der Waals surface area contributed by atoms with Gasteiger partial charge in [0, 0.05) is 22.6 Å². The van der Waals surface area contributed by atoms with Crippen LogP contribution in [-0.4, -0.2) is 20.9 Å². The number of aromatic amines is 2. The third-order valence-electron chi connectivity index (χ3n) is 4.29. The zero-order valence-electron chi connectivity index (χ0n) is 13.7. The van der Waals surface area contributed by atoms with Gasteiger partial charge >= 0.3 is 5.69 Å². The minimum absolute atomic E-state index is 0.163. The fourth-order valence-electron chi connectivity index (χ4n) is 2.94. The Morgan fingerprint density at radius 1 is 1.38 bits per heavy atom. The molecule has 0 fully saturated rings. The Morgan fingerprint density at radius 3 is 2.92 bits per heavy atom. The van der Waals surface area contributed by atoms with Gasteiger partial charge in [-0.2, -0.15) is 0 Å². The van der Waals surface area contributed by atoms with E-state index in [0.29, 0.717) is 22.3 Å². The van der Waals surface area contributed by atoms with E-state index in [-0.39, 0.29) is 18.7 Å². The lowest BCUT2D eigenvalue weighted by Crippen LogP contribution is -2.27. The maximum Gasteiger partial charge on any atom is 0.325 e. The third kappa shape index (κ3) is 3.64. The summed E-state index contributed by atoms with van der Waals surface area (Å²) in [6.07, 6.45) is 3.56. The second-order valence-corrected chi connectivity index (χ2v) is 7.38. The van der Waals surface area contributed by atoms with Crippen LogP contribution in [0.2, 0.25) is 0 Å². The van der Waals surface area contributed by atoms with Crippen molar-refractivity contribution in [2.75, 3.05) is 5.32 Å². The first-order valence-electron chi connectivity index (χ1n) is 8.03. The molecular weight excluding hydrogens is 328 g/mol. The van der Waals surface area contributed by atoms with Crippen molar-refractivity contribution in [3.8, 4) is 0 Å². The topological polar surface area (TPSA) is 108 Å². The van der Waals surface area contributed by atoms with Crippen LogP contribution in [0.1, 0.15) is 41.6 Å². The number of hydrogen-bond acceptors (Lipinski definition) is 5. The molecule has 3 N–H and O–H groups in total. The molecule has 8 heteroatoms. The molecule has 0 saturated carbocycles. The molecule has 0 spiro atoms. The first kappa shape index (κ1) is 16.6. The monoisotopic (exact) mass is 348 g/mol. The van der Waals surface area contributed by atoms with Gasteiger partial charge in [0.15, 0.2) is 5.13 Å². The number of amides is 1. The van der Waals surface area contributed by atoms with Crippen LogP contribution in [0.3, 0.4) is 0 Å². The number of aryl methyl sites for hydroxylation is 2. The number of hydrogen-bond donors (Lipinski definition) is 3. The quantitative estimate of drug-likeness (QED) is 0.778. The Labute approximate surface area is 142 Å². The highest BCUT2D eigenvalue weighted by Crippen LogP contribution is 2.32.